The molecule has 1 aromatic carbocycles. The van der Waals surface area contributed by atoms with E-state index in [1.807, 2.05) is 49.2 Å². The minimum atomic E-state index is -0.00462. The number of nitrogens with one attached hydrogen (secondary N) is 1. The average molecular weight is 403 g/mol. The summed E-state index contributed by atoms with van der Waals surface area (Å²) in [5.41, 5.74) is 0.962. The molecule has 1 N–H and O–H groups in total. The van der Waals surface area contributed by atoms with Crippen LogP contribution in [-0.2, 0) is 9.59 Å². The van der Waals surface area contributed by atoms with E-state index in [1.165, 1.54) is 0 Å². The third-order valence-corrected chi connectivity index (χ3v) is 7.22. The number of thioether (sulfide) groups is 1. The van der Waals surface area contributed by atoms with Crippen molar-refractivity contribution in [3.8, 4) is 5.75 Å². The van der Waals surface area contributed by atoms with Crippen molar-refractivity contribution in [3.63, 3.8) is 0 Å². The molecule has 6 heteroatoms. The van der Waals surface area contributed by atoms with Crippen LogP contribution >= 0.6 is 11.8 Å². The number of carbonyl (C=O) groups excluding carboxylic acids is 2. The highest BCUT2D eigenvalue weighted by molar-refractivity contribution is 8.04. The number of ether oxygens (including phenoxy) is 1. The molecule has 0 radical (unpaired) electrons. The summed E-state index contributed by atoms with van der Waals surface area (Å²) < 4.78 is 5.28. The van der Waals surface area contributed by atoms with Crippen LogP contribution < -0.4 is 10.1 Å². The highest BCUT2D eigenvalue weighted by Crippen LogP contribution is 2.43. The average Bonchev–Trinajstić information content (AvgIpc) is 2.71. The largest absolute Gasteiger partial charge is 0.497 e. The molecule has 28 heavy (non-hydrogen) atoms. The first kappa shape index (κ1) is 20.8. The number of methoxy groups -OCH3 is 1. The Kier molecular flexibility index (Phi) is 6.70. The minimum Gasteiger partial charge on any atom is -0.497 e. The third-order valence-electron chi connectivity index (χ3n) is 5.83. The molecule has 1 aromatic rings. The van der Waals surface area contributed by atoms with Crippen LogP contribution in [0.5, 0.6) is 5.75 Å². The monoisotopic (exact) mass is 402 g/mol. The van der Waals surface area contributed by atoms with Crippen LogP contribution in [0.15, 0.2) is 29.2 Å². The first-order valence-corrected chi connectivity index (χ1v) is 10.9. The van der Waals surface area contributed by atoms with Crippen molar-refractivity contribution in [1.29, 1.82) is 0 Å². The zero-order valence-electron chi connectivity index (χ0n) is 17.1. The van der Waals surface area contributed by atoms with Crippen LogP contribution in [0, 0.1) is 5.92 Å². The Balaban J connectivity index is 1.72. The van der Waals surface area contributed by atoms with Crippen molar-refractivity contribution in [2.45, 2.75) is 56.9 Å². The molecule has 1 aliphatic carbocycles. The molecule has 4 atom stereocenters. The van der Waals surface area contributed by atoms with Crippen molar-refractivity contribution in [2.75, 3.05) is 14.2 Å². The number of hydrogen-bond acceptors (Lipinski definition) is 4. The third kappa shape index (κ3) is 4.54. The van der Waals surface area contributed by atoms with Crippen LogP contribution in [0.3, 0.4) is 0 Å². The molecule has 1 saturated carbocycles. The predicted molar refractivity (Wildman–Crippen MR) is 114 cm³/mol. The van der Waals surface area contributed by atoms with Gasteiger partial charge in [0.05, 0.1) is 12.0 Å². The lowest BCUT2D eigenvalue weighted by atomic mass is 9.83. The van der Waals surface area contributed by atoms with Crippen LogP contribution in [-0.4, -0.2) is 48.2 Å². The molecular formula is C22H30N2O3S. The zero-order chi connectivity index (χ0) is 20.3. The summed E-state index contributed by atoms with van der Waals surface area (Å²) in [5, 5.41) is 3.44. The molecule has 0 bridgehead atoms. The number of likely N-dealkylation sites (N-methyl/N-ethyl adjacent to an activating group) is 1. The van der Waals surface area contributed by atoms with Crippen LogP contribution in [0.2, 0.25) is 0 Å². The summed E-state index contributed by atoms with van der Waals surface area (Å²) in [6, 6.07) is 8.04. The SMILES string of the molecule is CCC(C)NC(=O)C1CCC2S/C(=C\c3cccc(OC)c3)C(=O)N(C)C2C1. The van der Waals surface area contributed by atoms with E-state index in [2.05, 4.69) is 12.2 Å². The molecule has 4 unspecified atom stereocenters. The maximum absolute atomic E-state index is 12.9. The second-order valence-corrected chi connectivity index (χ2v) is 9.03. The second-order valence-electron chi connectivity index (χ2n) is 7.75. The molecule has 2 aliphatic rings. The number of carbonyl (C=O) groups is 2. The number of fused-ring (bicyclic) bond motifs is 1. The Hall–Kier alpha value is -1.95. The highest BCUT2D eigenvalue weighted by Gasteiger charge is 2.42. The lowest BCUT2D eigenvalue weighted by Crippen LogP contribution is -2.52. The zero-order valence-corrected chi connectivity index (χ0v) is 17.9. The van der Waals surface area contributed by atoms with Crippen LogP contribution in [0.1, 0.15) is 45.1 Å². The quantitative estimate of drug-likeness (QED) is 0.763. The van der Waals surface area contributed by atoms with Gasteiger partial charge in [0.25, 0.3) is 5.91 Å². The molecule has 1 aliphatic heterocycles. The number of benzene rings is 1. The van der Waals surface area contributed by atoms with Crippen molar-refractivity contribution in [2.24, 2.45) is 5.92 Å². The summed E-state index contributed by atoms with van der Waals surface area (Å²) in [4.78, 5) is 28.1. The van der Waals surface area contributed by atoms with E-state index in [9.17, 15) is 9.59 Å². The van der Waals surface area contributed by atoms with Gasteiger partial charge in [-0.05, 0) is 56.4 Å². The van der Waals surface area contributed by atoms with Gasteiger partial charge in [-0.15, -0.1) is 11.8 Å². The van der Waals surface area contributed by atoms with Gasteiger partial charge < -0.3 is 15.0 Å². The van der Waals surface area contributed by atoms with E-state index in [-0.39, 0.29) is 29.8 Å². The summed E-state index contributed by atoms with van der Waals surface area (Å²) in [7, 11) is 3.51. The van der Waals surface area contributed by atoms with E-state index in [1.54, 1.807) is 18.9 Å². The molecule has 0 spiro atoms. The van der Waals surface area contributed by atoms with Gasteiger partial charge in [-0.2, -0.15) is 0 Å². The lowest BCUT2D eigenvalue weighted by molar-refractivity contribution is -0.132. The number of amides is 2. The van der Waals surface area contributed by atoms with Gasteiger partial charge in [-0.25, -0.2) is 0 Å². The summed E-state index contributed by atoms with van der Waals surface area (Å²) in [6.45, 7) is 4.10. The molecule has 0 aromatic heterocycles. The van der Waals surface area contributed by atoms with Gasteiger partial charge in [0.1, 0.15) is 5.75 Å². The van der Waals surface area contributed by atoms with Gasteiger partial charge >= 0.3 is 0 Å². The molecule has 3 rings (SSSR count). The smallest absolute Gasteiger partial charge is 0.260 e. The Morgan fingerprint density at radius 2 is 2.21 bits per heavy atom. The minimum absolute atomic E-state index is 0.00462. The number of hydrogen-bond donors (Lipinski definition) is 1. The van der Waals surface area contributed by atoms with Gasteiger partial charge in [0.15, 0.2) is 0 Å². The number of rotatable bonds is 5. The first-order chi connectivity index (χ1) is 13.4. The van der Waals surface area contributed by atoms with E-state index >= 15 is 0 Å². The normalized spacial score (nSPS) is 27.3. The topological polar surface area (TPSA) is 58.6 Å². The highest BCUT2D eigenvalue weighted by atomic mass is 32.2. The van der Waals surface area contributed by atoms with E-state index < -0.39 is 0 Å². The maximum Gasteiger partial charge on any atom is 0.260 e. The van der Waals surface area contributed by atoms with Crippen molar-refractivity contribution in [1.82, 2.24) is 10.2 Å². The predicted octanol–water partition coefficient (Wildman–Crippen LogP) is 3.69. The summed E-state index contributed by atoms with van der Waals surface area (Å²) in [6.07, 6.45) is 5.45. The first-order valence-electron chi connectivity index (χ1n) is 10.0. The Morgan fingerprint density at radius 3 is 2.93 bits per heavy atom. The number of nitrogens with zero attached hydrogens (tertiary/aromatic N) is 1. The van der Waals surface area contributed by atoms with Crippen molar-refractivity contribution < 1.29 is 14.3 Å². The Bertz CT molecular complexity index is 764. The van der Waals surface area contributed by atoms with E-state index in [0.717, 1.165) is 41.9 Å². The van der Waals surface area contributed by atoms with Crippen LogP contribution in [0.4, 0.5) is 0 Å². The fraction of sp³-hybridized carbons (Fsp3) is 0.545. The standard InChI is InChI=1S/C22H30N2O3S/c1-5-14(2)23-21(25)16-9-10-19-18(13-16)24(3)22(26)20(28-19)12-15-7-6-8-17(11-15)27-4/h6-8,11-12,14,16,18-19H,5,9-10,13H2,1-4H3,(H,23,25)/b20-12-. The van der Waals surface area contributed by atoms with Gasteiger partial charge in [0, 0.05) is 30.3 Å². The molecule has 1 saturated heterocycles. The molecule has 2 amide bonds. The molecule has 2 fully saturated rings. The van der Waals surface area contributed by atoms with Gasteiger partial charge in [-0.1, -0.05) is 19.1 Å². The molecule has 152 valence electrons. The lowest BCUT2D eigenvalue weighted by Gasteiger charge is -2.44. The summed E-state index contributed by atoms with van der Waals surface area (Å²) >= 11 is 1.67. The second kappa shape index (κ2) is 9.03. The Labute approximate surface area is 171 Å². The van der Waals surface area contributed by atoms with Gasteiger partial charge in [-0.3, -0.25) is 9.59 Å². The van der Waals surface area contributed by atoms with Crippen molar-refractivity contribution in [3.05, 3.63) is 34.7 Å². The van der Waals surface area contributed by atoms with Gasteiger partial charge in [0.2, 0.25) is 5.91 Å². The molecule has 1 heterocycles. The maximum atomic E-state index is 12.9. The molecular weight excluding hydrogens is 372 g/mol. The molecule has 5 nitrogen and oxygen atoms in total. The van der Waals surface area contributed by atoms with E-state index in [0.29, 0.717) is 5.25 Å². The Morgan fingerprint density at radius 1 is 1.43 bits per heavy atom. The fourth-order valence-corrected chi connectivity index (χ4v) is 5.36. The van der Waals surface area contributed by atoms with E-state index in [4.69, 9.17) is 4.74 Å². The summed E-state index contributed by atoms with van der Waals surface area (Å²) in [5.74, 6) is 0.949. The fourth-order valence-electron chi connectivity index (χ4n) is 3.88. The van der Waals surface area contributed by atoms with Crippen LogP contribution in [0.25, 0.3) is 6.08 Å². The van der Waals surface area contributed by atoms with Crippen molar-refractivity contribution >= 4 is 29.7 Å².